The lowest BCUT2D eigenvalue weighted by atomic mass is 10.0. The first-order chi connectivity index (χ1) is 14.0. The number of rotatable bonds is 10. The summed E-state index contributed by atoms with van der Waals surface area (Å²) in [4.78, 5) is 17.5. The number of halogens is 1. The average molecular weight is 529 g/mol. The Morgan fingerprint density at radius 3 is 2.50 bits per heavy atom. The normalized spacial score (nSPS) is 15.3. The molecule has 1 fully saturated rings. The highest BCUT2D eigenvalue weighted by molar-refractivity contribution is 14.0. The van der Waals surface area contributed by atoms with Crippen LogP contribution in [-0.4, -0.2) is 54.5 Å². The highest BCUT2D eigenvalue weighted by atomic mass is 127. The van der Waals surface area contributed by atoms with Crippen LogP contribution in [0.4, 0.5) is 5.69 Å². The van der Waals surface area contributed by atoms with Gasteiger partial charge in [-0.2, -0.15) is 0 Å². The number of nitro benzene ring substituents is 1. The van der Waals surface area contributed by atoms with E-state index < -0.39 is 0 Å². The van der Waals surface area contributed by atoms with Crippen molar-refractivity contribution in [3.05, 3.63) is 52.1 Å². The third kappa shape index (κ3) is 9.88. The maximum atomic E-state index is 10.7. The van der Waals surface area contributed by atoms with Gasteiger partial charge < -0.3 is 10.6 Å². The molecule has 2 rings (SSSR count). The van der Waals surface area contributed by atoms with Crippen LogP contribution in [0, 0.1) is 10.1 Å². The van der Waals surface area contributed by atoms with Crippen molar-refractivity contribution in [3.63, 3.8) is 0 Å². The van der Waals surface area contributed by atoms with E-state index in [1.807, 2.05) is 12.1 Å². The van der Waals surface area contributed by atoms with Gasteiger partial charge in [-0.05, 0) is 51.5 Å². The summed E-state index contributed by atoms with van der Waals surface area (Å²) in [6.45, 7) is 13.0. The Bertz CT molecular complexity index is 685. The fraction of sp³-hybridized carbons (Fsp3) is 0.591. The summed E-state index contributed by atoms with van der Waals surface area (Å²) < 4.78 is 0. The lowest BCUT2D eigenvalue weighted by Gasteiger charge is -2.33. The summed E-state index contributed by atoms with van der Waals surface area (Å²) in [5, 5.41) is 17.6. The molecule has 0 aromatic heterocycles. The van der Waals surface area contributed by atoms with Crippen molar-refractivity contribution in [1.29, 1.82) is 0 Å². The van der Waals surface area contributed by atoms with E-state index >= 15 is 0 Å². The van der Waals surface area contributed by atoms with Crippen molar-refractivity contribution in [3.8, 4) is 0 Å². The molecule has 168 valence electrons. The van der Waals surface area contributed by atoms with E-state index in [9.17, 15) is 10.1 Å². The Morgan fingerprint density at radius 2 is 1.93 bits per heavy atom. The second kappa shape index (κ2) is 14.3. The summed E-state index contributed by atoms with van der Waals surface area (Å²) in [6, 6.07) is 7.29. The summed E-state index contributed by atoms with van der Waals surface area (Å²) >= 11 is 0. The Kier molecular flexibility index (Phi) is 12.6. The van der Waals surface area contributed by atoms with Crippen LogP contribution in [-0.2, 0) is 6.42 Å². The molecule has 8 heteroatoms. The average Bonchev–Trinajstić information content (AvgIpc) is 2.69. The van der Waals surface area contributed by atoms with Gasteiger partial charge in [0.05, 0.1) is 4.92 Å². The number of guanidine groups is 1. The second-order valence-corrected chi connectivity index (χ2v) is 7.79. The van der Waals surface area contributed by atoms with E-state index in [0.29, 0.717) is 6.04 Å². The van der Waals surface area contributed by atoms with E-state index in [-0.39, 0.29) is 34.6 Å². The van der Waals surface area contributed by atoms with Crippen LogP contribution in [0.1, 0.15) is 45.1 Å². The number of aliphatic imine (C=N–C) groups is 1. The van der Waals surface area contributed by atoms with Crippen molar-refractivity contribution < 1.29 is 4.92 Å². The largest absolute Gasteiger partial charge is 0.357 e. The van der Waals surface area contributed by atoms with Gasteiger partial charge >= 0.3 is 0 Å². The van der Waals surface area contributed by atoms with Gasteiger partial charge in [-0.1, -0.05) is 24.3 Å². The molecule has 0 bridgehead atoms. The molecule has 0 atom stereocenters. The summed E-state index contributed by atoms with van der Waals surface area (Å²) in [6.07, 6.45) is 5.17. The van der Waals surface area contributed by atoms with Gasteiger partial charge in [0.2, 0.25) is 0 Å². The first-order valence-corrected chi connectivity index (χ1v) is 10.6. The summed E-state index contributed by atoms with van der Waals surface area (Å²) in [5.41, 5.74) is 2.50. The molecule has 0 aliphatic carbocycles. The molecule has 0 unspecified atom stereocenters. The second-order valence-electron chi connectivity index (χ2n) is 7.79. The minimum absolute atomic E-state index is 0. The quantitative estimate of drug-likeness (QED) is 0.0906. The van der Waals surface area contributed by atoms with Crippen molar-refractivity contribution in [2.24, 2.45) is 4.99 Å². The Morgan fingerprint density at radius 1 is 1.27 bits per heavy atom. The van der Waals surface area contributed by atoms with Crippen molar-refractivity contribution >= 4 is 35.6 Å². The van der Waals surface area contributed by atoms with E-state index in [1.165, 1.54) is 5.57 Å². The predicted octanol–water partition coefficient (Wildman–Crippen LogP) is 4.13. The molecule has 1 heterocycles. The number of unbranched alkanes of at least 4 members (excludes halogenated alkanes) is 1. The smallest absolute Gasteiger partial charge is 0.269 e. The first-order valence-electron chi connectivity index (χ1n) is 10.6. The zero-order valence-electron chi connectivity index (χ0n) is 18.2. The lowest BCUT2D eigenvalue weighted by Crippen LogP contribution is -2.48. The Labute approximate surface area is 197 Å². The van der Waals surface area contributed by atoms with Gasteiger partial charge in [-0.3, -0.25) is 20.0 Å². The maximum Gasteiger partial charge on any atom is 0.269 e. The molecule has 1 aromatic carbocycles. The molecule has 0 radical (unpaired) electrons. The number of hydrogen-bond acceptors (Lipinski definition) is 4. The van der Waals surface area contributed by atoms with Crippen LogP contribution < -0.4 is 10.6 Å². The monoisotopic (exact) mass is 529 g/mol. The number of non-ortho nitro benzene ring substituents is 1. The van der Waals surface area contributed by atoms with Crippen LogP contribution in [0.25, 0.3) is 0 Å². The Balaban J connectivity index is 0.00000450. The van der Waals surface area contributed by atoms with Gasteiger partial charge in [0.15, 0.2) is 5.96 Å². The molecule has 0 amide bonds. The summed E-state index contributed by atoms with van der Waals surface area (Å²) in [5.74, 6) is 0.904. The Hall–Kier alpha value is -1.68. The number of aryl methyl sites for hydroxylation is 1. The number of nitro groups is 1. The van der Waals surface area contributed by atoms with Gasteiger partial charge in [-0.15, -0.1) is 24.0 Å². The molecule has 7 nitrogen and oxygen atoms in total. The third-order valence-electron chi connectivity index (χ3n) is 5.06. The highest BCUT2D eigenvalue weighted by Gasteiger charge is 2.19. The number of nitrogens with one attached hydrogen (secondary N) is 2. The molecule has 1 aliphatic rings. The van der Waals surface area contributed by atoms with Crippen LogP contribution in [0.3, 0.4) is 0 Å². The molecule has 30 heavy (non-hydrogen) atoms. The van der Waals surface area contributed by atoms with Crippen LogP contribution in [0.2, 0.25) is 0 Å². The highest BCUT2D eigenvalue weighted by Crippen LogP contribution is 2.14. The lowest BCUT2D eigenvalue weighted by molar-refractivity contribution is -0.384. The number of piperidine rings is 1. The number of nitrogens with zero attached hydrogens (tertiary/aromatic N) is 3. The SMILES string of the molecule is C=C(C)CN1CCC(NC(=NCCCCc2ccc([N+](=O)[O-])cc2)NCC)CC1.I. The predicted molar refractivity (Wildman–Crippen MR) is 135 cm³/mol. The van der Waals surface area contributed by atoms with Gasteiger partial charge in [0.1, 0.15) is 0 Å². The molecule has 1 saturated heterocycles. The van der Waals surface area contributed by atoms with Crippen molar-refractivity contribution in [2.75, 3.05) is 32.7 Å². The van der Waals surface area contributed by atoms with Gasteiger partial charge in [0, 0.05) is 50.9 Å². The van der Waals surface area contributed by atoms with E-state index in [4.69, 9.17) is 4.99 Å². The summed E-state index contributed by atoms with van der Waals surface area (Å²) in [7, 11) is 0. The fourth-order valence-electron chi connectivity index (χ4n) is 3.55. The third-order valence-corrected chi connectivity index (χ3v) is 5.06. The van der Waals surface area contributed by atoms with Gasteiger partial charge in [-0.25, -0.2) is 0 Å². The van der Waals surface area contributed by atoms with Crippen molar-refractivity contribution in [1.82, 2.24) is 15.5 Å². The standard InChI is InChI=1S/C22H35N5O2.HI/c1-4-23-22(25-20-12-15-26(16-13-20)17-18(2)3)24-14-6-5-7-19-8-10-21(11-9-19)27(28)29;/h8-11,20H,2,4-7,12-17H2,1,3H3,(H2,23,24,25);1H. The first kappa shape index (κ1) is 26.4. The molecule has 1 aromatic rings. The maximum absolute atomic E-state index is 10.7. The molecular formula is C22H36IN5O2. The topological polar surface area (TPSA) is 82.8 Å². The molecule has 2 N–H and O–H groups in total. The zero-order valence-corrected chi connectivity index (χ0v) is 20.6. The van der Waals surface area contributed by atoms with E-state index in [0.717, 1.165) is 76.4 Å². The molecular weight excluding hydrogens is 493 g/mol. The zero-order chi connectivity index (χ0) is 21.1. The van der Waals surface area contributed by atoms with Crippen LogP contribution >= 0.6 is 24.0 Å². The van der Waals surface area contributed by atoms with E-state index in [2.05, 4.69) is 36.0 Å². The van der Waals surface area contributed by atoms with Gasteiger partial charge in [0.25, 0.3) is 5.69 Å². The van der Waals surface area contributed by atoms with Crippen LogP contribution in [0.15, 0.2) is 41.4 Å². The number of benzene rings is 1. The van der Waals surface area contributed by atoms with Crippen LogP contribution in [0.5, 0.6) is 0 Å². The molecule has 1 aliphatic heterocycles. The minimum Gasteiger partial charge on any atom is -0.357 e. The van der Waals surface area contributed by atoms with E-state index in [1.54, 1.807) is 12.1 Å². The minimum atomic E-state index is -0.363. The van der Waals surface area contributed by atoms with Crippen molar-refractivity contribution in [2.45, 2.75) is 52.0 Å². The molecule has 0 spiro atoms. The number of hydrogen-bond donors (Lipinski definition) is 2. The molecule has 0 saturated carbocycles. The number of likely N-dealkylation sites (tertiary alicyclic amines) is 1. The fourth-order valence-corrected chi connectivity index (χ4v) is 3.55.